The molecule has 1 aromatic carbocycles. The number of amides is 1. The maximum atomic E-state index is 12.4. The zero-order valence-electron chi connectivity index (χ0n) is 13.9. The summed E-state index contributed by atoms with van der Waals surface area (Å²) in [6, 6.07) is 9.99. The molecule has 134 valence electrons. The number of thiophene rings is 1. The lowest BCUT2D eigenvalue weighted by atomic mass is 10.0. The fourth-order valence-electron chi connectivity index (χ4n) is 3.35. The monoisotopic (exact) mass is 449 g/mol. The van der Waals surface area contributed by atoms with Gasteiger partial charge in [0.2, 0.25) is 0 Å². The van der Waals surface area contributed by atoms with Crippen LogP contribution in [0.25, 0.3) is 10.9 Å². The van der Waals surface area contributed by atoms with Crippen molar-refractivity contribution < 1.29 is 4.79 Å². The molecule has 2 aromatic heterocycles. The summed E-state index contributed by atoms with van der Waals surface area (Å²) in [6.45, 7) is 1.80. The zero-order chi connectivity index (χ0) is 18.1. The number of rotatable bonds is 3. The van der Waals surface area contributed by atoms with Gasteiger partial charge in [0.15, 0.2) is 0 Å². The number of carbonyl (C=O) groups is 1. The van der Waals surface area contributed by atoms with Gasteiger partial charge in [-0.05, 0) is 64.5 Å². The number of benzene rings is 1. The Labute approximate surface area is 169 Å². The Bertz CT molecular complexity index is 953. The van der Waals surface area contributed by atoms with Crippen molar-refractivity contribution in [1.82, 2.24) is 10.3 Å². The summed E-state index contributed by atoms with van der Waals surface area (Å²) in [4.78, 5) is 19.9. The first-order valence-electron chi connectivity index (χ1n) is 8.45. The third-order valence-electron chi connectivity index (χ3n) is 4.68. The van der Waals surface area contributed by atoms with Crippen molar-refractivity contribution >= 4 is 61.4 Å². The van der Waals surface area contributed by atoms with Crippen LogP contribution in [0.15, 0.2) is 46.4 Å². The molecule has 0 saturated carbocycles. The van der Waals surface area contributed by atoms with Crippen molar-refractivity contribution in [2.75, 3.05) is 18.0 Å². The molecule has 0 unspecified atom stereocenters. The van der Waals surface area contributed by atoms with Gasteiger partial charge in [-0.25, -0.2) is 0 Å². The van der Waals surface area contributed by atoms with Crippen LogP contribution >= 0.6 is 38.9 Å². The summed E-state index contributed by atoms with van der Waals surface area (Å²) in [7, 11) is 0. The number of hydrogen-bond acceptors (Lipinski definition) is 4. The molecular formula is C19H17BrClN3OS. The van der Waals surface area contributed by atoms with Crippen molar-refractivity contribution in [1.29, 1.82) is 0 Å². The van der Waals surface area contributed by atoms with E-state index >= 15 is 0 Å². The van der Waals surface area contributed by atoms with Gasteiger partial charge in [-0.3, -0.25) is 9.78 Å². The summed E-state index contributed by atoms with van der Waals surface area (Å²) < 4.78 is 0.861. The first kappa shape index (κ1) is 17.8. The van der Waals surface area contributed by atoms with Gasteiger partial charge in [0.25, 0.3) is 5.91 Å². The van der Waals surface area contributed by atoms with Crippen LogP contribution in [0.2, 0.25) is 5.02 Å². The minimum absolute atomic E-state index is 0.00864. The van der Waals surface area contributed by atoms with Gasteiger partial charge < -0.3 is 10.2 Å². The quantitative estimate of drug-likeness (QED) is 0.603. The van der Waals surface area contributed by atoms with E-state index in [2.05, 4.69) is 37.2 Å². The Balaban J connectivity index is 1.44. The lowest BCUT2D eigenvalue weighted by Gasteiger charge is -2.34. The molecule has 4 nitrogen and oxygen atoms in total. The van der Waals surface area contributed by atoms with Gasteiger partial charge in [0.05, 0.1) is 5.52 Å². The van der Waals surface area contributed by atoms with E-state index in [4.69, 9.17) is 11.6 Å². The number of nitrogens with zero attached hydrogens (tertiary/aromatic N) is 2. The van der Waals surface area contributed by atoms with Crippen LogP contribution in [0.1, 0.15) is 22.5 Å². The molecule has 0 atom stereocenters. The highest BCUT2D eigenvalue weighted by Crippen LogP contribution is 2.30. The van der Waals surface area contributed by atoms with E-state index in [-0.39, 0.29) is 11.9 Å². The van der Waals surface area contributed by atoms with Crippen LogP contribution in [0.5, 0.6) is 0 Å². The molecule has 0 spiro atoms. The lowest BCUT2D eigenvalue weighted by Crippen LogP contribution is -2.44. The van der Waals surface area contributed by atoms with Crippen LogP contribution in [0.3, 0.4) is 0 Å². The molecule has 1 saturated heterocycles. The molecule has 4 rings (SSSR count). The van der Waals surface area contributed by atoms with E-state index in [1.807, 2.05) is 35.8 Å². The van der Waals surface area contributed by atoms with Crippen molar-refractivity contribution in [2.24, 2.45) is 0 Å². The first-order chi connectivity index (χ1) is 12.6. The lowest BCUT2D eigenvalue weighted by molar-refractivity contribution is 0.0934. The Morgan fingerprint density at radius 3 is 2.81 bits per heavy atom. The van der Waals surface area contributed by atoms with Gasteiger partial charge in [-0.15, -0.1) is 11.3 Å². The van der Waals surface area contributed by atoms with E-state index in [1.54, 1.807) is 0 Å². The first-order valence-corrected chi connectivity index (χ1v) is 10.5. The maximum absolute atomic E-state index is 12.4. The predicted molar refractivity (Wildman–Crippen MR) is 111 cm³/mol. The molecule has 26 heavy (non-hydrogen) atoms. The van der Waals surface area contributed by atoms with Crippen LogP contribution in [0.4, 0.5) is 5.69 Å². The minimum Gasteiger partial charge on any atom is -0.371 e. The molecule has 0 radical (unpaired) electrons. The largest absolute Gasteiger partial charge is 0.371 e. The number of aromatic nitrogens is 1. The van der Waals surface area contributed by atoms with Crippen molar-refractivity contribution in [3.8, 4) is 0 Å². The second kappa shape index (κ2) is 7.55. The number of carbonyl (C=O) groups excluding carboxylic acids is 1. The number of anilines is 1. The molecule has 0 aliphatic carbocycles. The molecule has 1 N–H and O–H groups in total. The van der Waals surface area contributed by atoms with E-state index in [0.717, 1.165) is 46.2 Å². The average molecular weight is 451 g/mol. The fraction of sp³-hybridized carbons (Fsp3) is 0.263. The van der Waals surface area contributed by atoms with E-state index in [1.165, 1.54) is 17.0 Å². The van der Waals surface area contributed by atoms with Crippen molar-refractivity contribution in [3.05, 3.63) is 56.3 Å². The second-order valence-electron chi connectivity index (χ2n) is 6.32. The Hall–Kier alpha value is -1.63. The van der Waals surface area contributed by atoms with Gasteiger partial charge >= 0.3 is 0 Å². The van der Waals surface area contributed by atoms with Crippen molar-refractivity contribution in [3.63, 3.8) is 0 Å². The molecular weight excluding hydrogens is 434 g/mol. The highest BCUT2D eigenvalue weighted by atomic mass is 79.9. The Morgan fingerprint density at radius 1 is 1.27 bits per heavy atom. The molecule has 1 fully saturated rings. The summed E-state index contributed by atoms with van der Waals surface area (Å²) >= 11 is 11.0. The predicted octanol–water partition coefficient (Wildman–Crippen LogP) is 5.11. The number of nitrogens with one attached hydrogen (secondary N) is 1. The molecule has 7 heteroatoms. The Kier molecular flexibility index (Phi) is 5.16. The SMILES string of the molecule is O=C(NC1CCN(c2ccnc3cc(Cl)ccc23)CC1)c1sccc1Br. The molecule has 3 heterocycles. The molecule has 0 bridgehead atoms. The number of pyridine rings is 1. The number of hydrogen-bond donors (Lipinski definition) is 1. The number of piperidine rings is 1. The van der Waals surface area contributed by atoms with Gasteiger partial charge in [-0.2, -0.15) is 0 Å². The summed E-state index contributed by atoms with van der Waals surface area (Å²) in [5.74, 6) is 0.00864. The minimum atomic E-state index is 0.00864. The van der Waals surface area contributed by atoms with E-state index in [0.29, 0.717) is 5.02 Å². The topological polar surface area (TPSA) is 45.2 Å². The average Bonchev–Trinajstić information content (AvgIpc) is 3.08. The zero-order valence-corrected chi connectivity index (χ0v) is 17.1. The smallest absolute Gasteiger partial charge is 0.262 e. The Morgan fingerprint density at radius 2 is 2.08 bits per heavy atom. The summed E-state index contributed by atoms with van der Waals surface area (Å²) in [6.07, 6.45) is 3.68. The van der Waals surface area contributed by atoms with Gasteiger partial charge in [0.1, 0.15) is 4.88 Å². The van der Waals surface area contributed by atoms with Gasteiger partial charge in [-0.1, -0.05) is 11.6 Å². The molecule has 3 aromatic rings. The highest BCUT2D eigenvalue weighted by molar-refractivity contribution is 9.10. The summed E-state index contributed by atoms with van der Waals surface area (Å²) in [5.41, 5.74) is 2.09. The summed E-state index contributed by atoms with van der Waals surface area (Å²) in [5, 5.41) is 6.89. The van der Waals surface area contributed by atoms with Gasteiger partial charge in [0, 0.05) is 45.9 Å². The number of halogens is 2. The number of fused-ring (bicyclic) bond motifs is 1. The molecule has 1 aliphatic rings. The van der Waals surface area contributed by atoms with E-state index < -0.39 is 0 Å². The van der Waals surface area contributed by atoms with Crippen molar-refractivity contribution in [2.45, 2.75) is 18.9 Å². The maximum Gasteiger partial charge on any atom is 0.262 e. The fourth-order valence-corrected chi connectivity index (χ4v) is 4.97. The van der Waals surface area contributed by atoms with Crippen LogP contribution < -0.4 is 10.2 Å². The third kappa shape index (κ3) is 3.59. The van der Waals surface area contributed by atoms with Crippen LogP contribution in [-0.4, -0.2) is 30.0 Å². The van der Waals surface area contributed by atoms with E-state index in [9.17, 15) is 4.79 Å². The molecule has 1 amide bonds. The standard InChI is InChI=1S/C19H17BrClN3OS/c20-15-6-10-26-18(15)19(25)23-13-4-8-24(9-5-13)17-3-7-22-16-11-12(21)1-2-14(16)17/h1-3,6-7,10-11,13H,4-5,8-9H2,(H,23,25). The molecule has 1 aliphatic heterocycles. The van der Waals surface area contributed by atoms with Crippen LogP contribution in [-0.2, 0) is 0 Å². The second-order valence-corrected chi connectivity index (χ2v) is 8.53. The normalized spacial score (nSPS) is 15.4. The highest BCUT2D eigenvalue weighted by Gasteiger charge is 2.23. The van der Waals surface area contributed by atoms with Crippen LogP contribution in [0, 0.1) is 0 Å². The third-order valence-corrected chi connectivity index (χ3v) is 6.75.